The van der Waals surface area contributed by atoms with Crippen LogP contribution < -0.4 is 0 Å². The zero-order valence-corrected chi connectivity index (χ0v) is 19.5. The van der Waals surface area contributed by atoms with Crippen LogP contribution in [0.15, 0.2) is 30.3 Å². The van der Waals surface area contributed by atoms with Crippen molar-refractivity contribution in [2.24, 2.45) is 7.05 Å². The van der Waals surface area contributed by atoms with Gasteiger partial charge in [0.15, 0.2) is 5.76 Å². The molecular weight excluding hydrogens is 418 g/mol. The first-order chi connectivity index (χ1) is 14.6. The first-order valence-corrected chi connectivity index (χ1v) is 10.4. The Hall–Kier alpha value is -2.98. The Labute approximate surface area is 188 Å². The number of ether oxygens (including phenoxy) is 3. The molecule has 2 aromatic rings. The number of hydrogen-bond acceptors (Lipinski definition) is 6. The smallest absolute Gasteiger partial charge is 0.451 e. The summed E-state index contributed by atoms with van der Waals surface area (Å²) in [7, 11) is 1.75. The van der Waals surface area contributed by atoms with Gasteiger partial charge in [0.05, 0.1) is 11.6 Å². The first kappa shape index (κ1) is 24.3. The number of aromatic nitrogens is 2. The Balaban J connectivity index is 2.47. The maximum Gasteiger partial charge on any atom is 0.511 e. The number of halogens is 1. The zero-order valence-electron chi connectivity index (χ0n) is 18.7. The summed E-state index contributed by atoms with van der Waals surface area (Å²) in [4.78, 5) is 11.8. The molecule has 31 heavy (non-hydrogen) atoms. The van der Waals surface area contributed by atoms with Crippen molar-refractivity contribution in [1.82, 2.24) is 9.78 Å². The molecule has 0 bridgehead atoms. The van der Waals surface area contributed by atoms with Crippen LogP contribution in [0, 0.1) is 18.3 Å². The zero-order chi connectivity index (χ0) is 23.2. The van der Waals surface area contributed by atoms with E-state index in [2.05, 4.69) is 31.9 Å². The van der Waals surface area contributed by atoms with Crippen LogP contribution in [0.1, 0.15) is 50.2 Å². The van der Waals surface area contributed by atoms with Crippen LogP contribution in [-0.4, -0.2) is 34.7 Å². The van der Waals surface area contributed by atoms with E-state index < -0.39 is 12.4 Å². The third-order valence-electron chi connectivity index (χ3n) is 4.46. The Bertz CT molecular complexity index is 982. The molecule has 1 aromatic carbocycles. The number of nitriles is 1. The molecule has 166 valence electrons. The molecule has 0 spiro atoms. The van der Waals surface area contributed by atoms with E-state index in [9.17, 15) is 10.1 Å². The molecular formula is C23H28ClN3O4. The molecule has 0 N–H and O–H groups in total. The quantitative estimate of drug-likeness (QED) is 0.192. The highest BCUT2D eigenvalue weighted by atomic mass is 35.5. The third-order valence-corrected chi connectivity index (χ3v) is 4.61. The van der Waals surface area contributed by atoms with Gasteiger partial charge in [0, 0.05) is 14.0 Å². The fraction of sp³-hybridized carbons (Fsp3) is 0.435. The summed E-state index contributed by atoms with van der Waals surface area (Å²) in [5, 5.41) is 14.3. The second-order valence-electron chi connectivity index (χ2n) is 8.03. The van der Waals surface area contributed by atoms with Crippen molar-refractivity contribution in [3.05, 3.63) is 52.8 Å². The van der Waals surface area contributed by atoms with E-state index in [1.807, 2.05) is 31.2 Å². The molecule has 0 radical (unpaired) electrons. The normalized spacial score (nSPS) is 13.1. The van der Waals surface area contributed by atoms with E-state index in [0.29, 0.717) is 16.8 Å². The van der Waals surface area contributed by atoms with Gasteiger partial charge in [0.1, 0.15) is 23.9 Å². The van der Waals surface area contributed by atoms with Crippen LogP contribution >= 0.6 is 11.6 Å². The van der Waals surface area contributed by atoms with Crippen LogP contribution in [0.5, 0.6) is 0 Å². The molecule has 0 saturated heterocycles. The van der Waals surface area contributed by atoms with Gasteiger partial charge in [-0.25, -0.2) is 4.79 Å². The lowest BCUT2D eigenvalue weighted by Gasteiger charge is -2.20. The molecule has 0 aliphatic rings. The van der Waals surface area contributed by atoms with E-state index in [1.54, 1.807) is 24.7 Å². The van der Waals surface area contributed by atoms with Crippen molar-refractivity contribution in [2.45, 2.75) is 46.3 Å². The molecule has 0 fully saturated rings. The summed E-state index contributed by atoms with van der Waals surface area (Å²) in [6.07, 6.45) is -1.91. The van der Waals surface area contributed by atoms with Crippen molar-refractivity contribution in [3.63, 3.8) is 0 Å². The number of aryl methyl sites for hydroxylation is 2. The topological polar surface area (TPSA) is 86.4 Å². The van der Waals surface area contributed by atoms with Gasteiger partial charge in [0.25, 0.3) is 0 Å². The second kappa shape index (κ2) is 10.4. The minimum atomic E-state index is -1.01. The fourth-order valence-corrected chi connectivity index (χ4v) is 3.01. The lowest BCUT2D eigenvalue weighted by Crippen LogP contribution is -2.20. The summed E-state index contributed by atoms with van der Waals surface area (Å²) in [6.45, 7) is 9.78. The number of alkyl halides is 1. The monoisotopic (exact) mass is 445 g/mol. The van der Waals surface area contributed by atoms with Crippen molar-refractivity contribution in [3.8, 4) is 6.07 Å². The van der Waals surface area contributed by atoms with Gasteiger partial charge < -0.3 is 14.2 Å². The summed E-state index contributed by atoms with van der Waals surface area (Å²) in [6, 6.07) is 11.8. The van der Waals surface area contributed by atoms with Gasteiger partial charge in [-0.3, -0.25) is 4.68 Å². The van der Waals surface area contributed by atoms with Gasteiger partial charge in [-0.1, -0.05) is 45.0 Å². The van der Waals surface area contributed by atoms with Crippen LogP contribution in [0.4, 0.5) is 4.79 Å². The maximum atomic E-state index is 11.8. The van der Waals surface area contributed by atoms with Crippen molar-refractivity contribution < 1.29 is 19.0 Å². The van der Waals surface area contributed by atoms with Crippen LogP contribution in [0.3, 0.4) is 0 Å². The van der Waals surface area contributed by atoms with E-state index >= 15 is 0 Å². The highest BCUT2D eigenvalue weighted by Crippen LogP contribution is 2.30. The third kappa shape index (κ3) is 6.50. The van der Waals surface area contributed by atoms with Crippen molar-refractivity contribution in [1.29, 1.82) is 5.26 Å². The number of benzene rings is 1. The Morgan fingerprint density at radius 1 is 1.26 bits per heavy atom. The number of allylic oxidation sites excluding steroid dienone is 1. The highest BCUT2D eigenvalue weighted by Gasteiger charge is 2.22. The summed E-state index contributed by atoms with van der Waals surface area (Å²) in [5.74, 6) is 0.416. The molecule has 0 aliphatic carbocycles. The Morgan fingerprint density at radius 3 is 2.39 bits per heavy atom. The largest absolute Gasteiger partial charge is 0.511 e. The molecule has 1 unspecified atom stereocenters. The minimum absolute atomic E-state index is 0.0146. The molecule has 2 rings (SSSR count). The van der Waals surface area contributed by atoms with Crippen molar-refractivity contribution in [2.75, 3.05) is 12.5 Å². The predicted octanol–water partition coefficient (Wildman–Crippen LogP) is 5.17. The van der Waals surface area contributed by atoms with E-state index in [0.717, 1.165) is 11.3 Å². The molecule has 1 heterocycles. The van der Waals surface area contributed by atoms with Crippen molar-refractivity contribution >= 4 is 29.1 Å². The lowest BCUT2D eigenvalue weighted by molar-refractivity contribution is -0.0658. The molecule has 0 saturated carbocycles. The maximum absolute atomic E-state index is 11.8. The minimum Gasteiger partial charge on any atom is -0.451 e. The standard InChI is InChI=1S/C23H28ClN3O4/c1-15-13-20(27(6)26-15)21(30-16(2)31-22(28)29-12-11-24)19(14-25)17-7-9-18(10-8-17)23(3,4)5/h7-10,13,16H,11-12H2,1-6H3/b21-19-. The van der Waals surface area contributed by atoms with E-state index in [1.165, 1.54) is 0 Å². The molecule has 1 atom stereocenters. The number of carbonyl (C=O) groups is 1. The van der Waals surface area contributed by atoms with Crippen LogP contribution in [-0.2, 0) is 26.7 Å². The number of rotatable bonds is 7. The molecule has 0 aliphatic heterocycles. The number of hydrogen-bond donors (Lipinski definition) is 0. The fourth-order valence-electron chi connectivity index (χ4n) is 2.94. The van der Waals surface area contributed by atoms with Gasteiger partial charge in [-0.15, -0.1) is 11.6 Å². The molecule has 7 nitrogen and oxygen atoms in total. The summed E-state index contributed by atoms with van der Waals surface area (Å²) < 4.78 is 17.5. The first-order valence-electron chi connectivity index (χ1n) is 9.89. The van der Waals surface area contributed by atoms with Crippen LogP contribution in [0.2, 0.25) is 0 Å². The van der Waals surface area contributed by atoms with E-state index in [-0.39, 0.29) is 23.7 Å². The van der Waals surface area contributed by atoms with Gasteiger partial charge in [-0.2, -0.15) is 10.4 Å². The molecule has 8 heteroatoms. The Kier molecular flexibility index (Phi) is 8.12. The van der Waals surface area contributed by atoms with Crippen LogP contribution in [0.25, 0.3) is 11.3 Å². The van der Waals surface area contributed by atoms with Gasteiger partial charge in [-0.05, 0) is 29.5 Å². The second-order valence-corrected chi connectivity index (χ2v) is 8.41. The average molecular weight is 446 g/mol. The predicted molar refractivity (Wildman–Crippen MR) is 119 cm³/mol. The Morgan fingerprint density at radius 2 is 1.90 bits per heavy atom. The number of nitrogens with zero attached hydrogens (tertiary/aromatic N) is 3. The molecule has 0 amide bonds. The SMILES string of the molecule is Cc1cc(/C(OC(C)OC(=O)OCCCl)=C(\C#N)c2ccc(C(C)(C)C)cc2)n(C)n1. The summed E-state index contributed by atoms with van der Waals surface area (Å²) >= 11 is 5.52. The van der Waals surface area contributed by atoms with Gasteiger partial charge >= 0.3 is 6.16 Å². The average Bonchev–Trinajstić information content (AvgIpc) is 3.03. The molecule has 1 aromatic heterocycles. The van der Waals surface area contributed by atoms with Gasteiger partial charge in [0.2, 0.25) is 6.29 Å². The number of carbonyl (C=O) groups excluding carboxylic acids is 1. The lowest BCUT2D eigenvalue weighted by atomic mass is 9.86. The van der Waals surface area contributed by atoms with E-state index in [4.69, 9.17) is 25.8 Å². The highest BCUT2D eigenvalue weighted by molar-refractivity contribution is 6.18. The summed E-state index contributed by atoms with van der Waals surface area (Å²) in [5.41, 5.74) is 3.45.